The fourth-order valence-corrected chi connectivity index (χ4v) is 13.5. The summed E-state index contributed by atoms with van der Waals surface area (Å²) in [6, 6.07) is 47.7. The van der Waals surface area contributed by atoms with Gasteiger partial charge in [-0.1, -0.05) is 78.9 Å². The molecule has 4 saturated heterocycles. The van der Waals surface area contributed by atoms with Crippen molar-refractivity contribution in [2.45, 2.75) is 84.0 Å². The molecule has 7 heterocycles. The summed E-state index contributed by atoms with van der Waals surface area (Å²) in [7, 11) is 4.70. The number of pyridine rings is 3. The van der Waals surface area contributed by atoms with Gasteiger partial charge in [-0.3, -0.25) is 24.3 Å². The number of aromatic hydroxyl groups is 3. The van der Waals surface area contributed by atoms with Crippen molar-refractivity contribution >= 4 is 29.4 Å². The van der Waals surface area contributed by atoms with Gasteiger partial charge in [0.15, 0.2) is 34.5 Å². The molecule has 0 aliphatic carbocycles. The molecule has 0 unspecified atom stereocenters. The van der Waals surface area contributed by atoms with Crippen molar-refractivity contribution in [3.8, 4) is 34.5 Å². The van der Waals surface area contributed by atoms with Crippen molar-refractivity contribution < 1.29 is 49.0 Å². The number of phenolic OH excluding ortho intramolecular Hbond substituents is 3. The van der Waals surface area contributed by atoms with Gasteiger partial charge in [-0.15, -0.1) is 0 Å². The molecule has 0 spiro atoms. The third kappa shape index (κ3) is 23.0. The van der Waals surface area contributed by atoms with E-state index in [1.165, 1.54) is 20.0 Å². The second-order valence-corrected chi connectivity index (χ2v) is 26.4. The Morgan fingerprint density at radius 3 is 1.18 bits per heavy atom. The molecule has 4 aliphatic heterocycles. The number of rotatable bonds is 29. The molecule has 4 aliphatic rings. The SMILES string of the molecule is CCOC(=O)[C@H](Cc1ccccc1)NCc1cc(CN2CCN(c3ccccn3)CC2)c(O)c(OC)c1.COc1cc(CNCC2CCNCC2)cc(CN2CCN(c3ccccn3)CC2)c1O.COc1cc(CN[C@@H](Cc2ccccc2)C(=O)O)cc(CN2CCN(c3ccccn3)CC2)c1O. The number of hydrogen-bond acceptors (Lipinski definition) is 22. The third-order valence-electron chi connectivity index (χ3n) is 19.3. The van der Waals surface area contributed by atoms with Crippen LogP contribution in [-0.2, 0) is 66.4 Å². The zero-order chi connectivity index (χ0) is 72.1. The molecule has 0 bridgehead atoms. The van der Waals surface area contributed by atoms with Gasteiger partial charge in [-0.2, -0.15) is 0 Å². The number of carboxylic acids is 1. The quantitative estimate of drug-likeness (QED) is 0.0204. The lowest BCUT2D eigenvalue weighted by atomic mass is 9.98. The number of piperazine rings is 3. The number of hydrogen-bond donors (Lipinski definition) is 8. The van der Waals surface area contributed by atoms with Gasteiger partial charge in [0.25, 0.3) is 0 Å². The van der Waals surface area contributed by atoms with Crippen LogP contribution in [0.4, 0.5) is 17.5 Å². The summed E-state index contributed by atoms with van der Waals surface area (Å²) >= 11 is 0. The van der Waals surface area contributed by atoms with Crippen LogP contribution in [0.25, 0.3) is 0 Å². The van der Waals surface area contributed by atoms with Crippen molar-refractivity contribution in [3.63, 3.8) is 0 Å². The lowest BCUT2D eigenvalue weighted by Crippen LogP contribution is -2.46. The van der Waals surface area contributed by atoms with Gasteiger partial charge in [-0.25, -0.2) is 15.0 Å². The molecule has 0 saturated carbocycles. The van der Waals surface area contributed by atoms with Gasteiger partial charge < -0.3 is 75.3 Å². The van der Waals surface area contributed by atoms with Gasteiger partial charge in [0.1, 0.15) is 29.5 Å². The molecule has 12 rings (SSSR count). The minimum Gasteiger partial charge on any atom is -0.504 e. The number of benzene rings is 5. The molecule has 5 aromatic carbocycles. The Kier molecular flexibility index (Phi) is 29.3. The van der Waals surface area contributed by atoms with E-state index in [-0.39, 0.29) is 23.2 Å². The van der Waals surface area contributed by atoms with Crippen LogP contribution in [0.3, 0.4) is 0 Å². The van der Waals surface area contributed by atoms with E-state index >= 15 is 0 Å². The number of methoxy groups -OCH3 is 3. The Hall–Kier alpha value is -9.59. The molecule has 3 aromatic heterocycles. The minimum atomic E-state index is -0.898. The first-order valence-corrected chi connectivity index (χ1v) is 36.0. The lowest BCUT2D eigenvalue weighted by molar-refractivity contribution is -0.145. The van der Waals surface area contributed by atoms with Crippen LogP contribution in [0.2, 0.25) is 0 Å². The normalized spacial score (nSPS) is 15.9. The van der Waals surface area contributed by atoms with E-state index in [1.807, 2.05) is 153 Å². The molecule has 8 N–H and O–H groups in total. The topological polar surface area (TPSA) is 258 Å². The monoisotopic (exact) mass is 1410 g/mol. The number of aliphatic carboxylic acids is 1. The maximum atomic E-state index is 12.6. The third-order valence-corrected chi connectivity index (χ3v) is 19.3. The van der Waals surface area contributed by atoms with Crippen molar-refractivity contribution in [2.24, 2.45) is 5.92 Å². The van der Waals surface area contributed by atoms with Crippen LogP contribution in [0.15, 0.2) is 170 Å². The van der Waals surface area contributed by atoms with Gasteiger partial charge in [0.05, 0.1) is 27.9 Å². The summed E-state index contributed by atoms with van der Waals surface area (Å²) in [4.78, 5) is 51.7. The van der Waals surface area contributed by atoms with Gasteiger partial charge >= 0.3 is 11.9 Å². The minimum absolute atomic E-state index is 0.127. The van der Waals surface area contributed by atoms with E-state index in [9.17, 15) is 30.0 Å². The van der Waals surface area contributed by atoms with Crippen LogP contribution in [0.5, 0.6) is 34.5 Å². The van der Waals surface area contributed by atoms with E-state index in [4.69, 9.17) is 18.9 Å². The molecule has 0 amide bonds. The number of carbonyl (C=O) groups is 2. The second kappa shape index (κ2) is 39.7. The molecule has 103 heavy (non-hydrogen) atoms. The predicted octanol–water partition coefficient (Wildman–Crippen LogP) is 8.49. The first kappa shape index (κ1) is 76.1. The fourth-order valence-electron chi connectivity index (χ4n) is 13.5. The van der Waals surface area contributed by atoms with Crippen LogP contribution < -0.4 is 50.2 Å². The van der Waals surface area contributed by atoms with Crippen molar-refractivity contribution in [2.75, 3.05) is 141 Å². The highest BCUT2D eigenvalue weighted by Crippen LogP contribution is 2.36. The van der Waals surface area contributed by atoms with E-state index in [2.05, 4.69) is 77.8 Å². The van der Waals surface area contributed by atoms with E-state index in [0.29, 0.717) is 62.9 Å². The summed E-state index contributed by atoms with van der Waals surface area (Å²) in [5, 5.41) is 55.5. The number of ether oxygens (including phenoxy) is 4. The summed E-state index contributed by atoms with van der Waals surface area (Å²) < 4.78 is 21.7. The highest BCUT2D eigenvalue weighted by Gasteiger charge is 2.27. The average molecular weight is 1410 g/mol. The Bertz CT molecular complexity index is 3840. The van der Waals surface area contributed by atoms with Gasteiger partial charge in [0, 0.05) is 153 Å². The average Bonchev–Trinajstić information content (AvgIpc) is 0.836. The summed E-state index contributed by atoms with van der Waals surface area (Å²) in [6.07, 6.45) is 8.86. The number of piperidine rings is 1. The summed E-state index contributed by atoms with van der Waals surface area (Å²) in [5.74, 6) is 4.50. The first-order valence-electron chi connectivity index (χ1n) is 36.0. The highest BCUT2D eigenvalue weighted by atomic mass is 16.5. The Morgan fingerprint density at radius 2 is 0.835 bits per heavy atom. The number of anilines is 3. The van der Waals surface area contributed by atoms with Crippen molar-refractivity contribution in [1.82, 2.24) is 50.9 Å². The van der Waals surface area contributed by atoms with Crippen molar-refractivity contribution in [3.05, 3.63) is 215 Å². The standard InChI is InChI=1S/C29H36N4O4.C27H32N4O4.C24H35N5O2/c1-3-37-29(35)25(18-22-9-5-4-6-10-22)31-20-23-17-24(28(34)26(19-23)36-2)21-32-13-15-33(16-14-32)27-11-7-8-12-30-27;1-35-24-17-21(18-29-23(27(33)34)16-20-7-3-2-4-8-20)15-22(26(24)32)19-30-11-13-31(14-12-30)25-9-5-6-10-28-25;1-31-22-15-20(17-26-16-19-5-8-25-9-6-19)14-21(24(22)30)18-28-10-12-29(13-11-28)23-4-2-3-7-27-23/h4-12,17,19,25,31,34H,3,13-16,18,20-21H2,1-2H3;2-10,15,17,23,29,32H,11-14,16,18-19H2,1H3,(H,33,34);2-4,7,14-15,19,25-26,30H,5-6,8-13,16-18H2,1H3/t25-;23-;/m00./s1. The first-order chi connectivity index (χ1) is 50.3. The molecule has 23 nitrogen and oxygen atoms in total. The Balaban J connectivity index is 0.000000167. The summed E-state index contributed by atoms with van der Waals surface area (Å²) in [6.45, 7) is 19.5. The highest BCUT2D eigenvalue weighted by molar-refractivity contribution is 5.76. The number of nitrogens with one attached hydrogen (secondary N) is 4. The largest absolute Gasteiger partial charge is 0.504 e. The number of phenols is 3. The molecular formula is C80H103N13O10. The maximum absolute atomic E-state index is 12.6. The molecule has 548 valence electrons. The number of esters is 1. The molecular weight excluding hydrogens is 1300 g/mol. The van der Waals surface area contributed by atoms with Crippen LogP contribution in [0.1, 0.15) is 64.3 Å². The molecule has 23 heteroatoms. The van der Waals surface area contributed by atoms with Crippen LogP contribution in [0, 0.1) is 5.92 Å². The van der Waals surface area contributed by atoms with Gasteiger partial charge in [-0.05, 0) is 159 Å². The number of nitrogens with zero attached hydrogens (tertiary/aromatic N) is 9. The molecule has 4 fully saturated rings. The van der Waals surface area contributed by atoms with E-state index in [0.717, 1.165) is 179 Å². The van der Waals surface area contributed by atoms with Crippen LogP contribution in [-0.4, -0.2) is 200 Å². The number of carbonyl (C=O) groups excluding carboxylic acids is 1. The maximum Gasteiger partial charge on any atom is 0.323 e. The fraction of sp³-hybridized carbons (Fsp3) is 0.412. The molecule has 8 aromatic rings. The van der Waals surface area contributed by atoms with E-state index < -0.39 is 18.1 Å². The Labute approximate surface area is 606 Å². The predicted molar refractivity (Wildman–Crippen MR) is 402 cm³/mol. The zero-order valence-electron chi connectivity index (χ0n) is 60.0. The second-order valence-electron chi connectivity index (χ2n) is 26.4. The smallest absolute Gasteiger partial charge is 0.323 e. The van der Waals surface area contributed by atoms with Gasteiger partial charge in [0.2, 0.25) is 0 Å². The van der Waals surface area contributed by atoms with E-state index in [1.54, 1.807) is 26.5 Å². The van der Waals surface area contributed by atoms with Crippen LogP contribution >= 0.6 is 0 Å². The molecule has 2 atom stereocenters. The molecule has 0 radical (unpaired) electrons. The van der Waals surface area contributed by atoms with Crippen molar-refractivity contribution in [1.29, 1.82) is 0 Å². The number of aromatic nitrogens is 3. The zero-order valence-corrected chi connectivity index (χ0v) is 60.0. The number of carboxylic acid groups (broad SMARTS) is 1. The lowest BCUT2D eigenvalue weighted by Gasteiger charge is -2.35. The summed E-state index contributed by atoms with van der Waals surface area (Å²) in [5.41, 5.74) is 7.47. The Morgan fingerprint density at radius 1 is 0.476 bits per heavy atom.